The normalized spacial score (nSPS) is 26.2. The minimum absolute atomic E-state index is 0.238. The summed E-state index contributed by atoms with van der Waals surface area (Å²) in [6.45, 7) is 1.50. The van der Waals surface area contributed by atoms with Crippen LogP contribution >= 0.6 is 22.9 Å². The van der Waals surface area contributed by atoms with Gasteiger partial charge in [0.2, 0.25) is 5.95 Å². The summed E-state index contributed by atoms with van der Waals surface area (Å²) in [5, 5.41) is 31.1. The number of aliphatic hydroxyl groups is 3. The molecule has 0 bridgehead atoms. The van der Waals surface area contributed by atoms with Gasteiger partial charge in [-0.3, -0.25) is 0 Å². The van der Waals surface area contributed by atoms with Crippen LogP contribution in [0, 0.1) is 11.9 Å². The highest BCUT2D eigenvalue weighted by atomic mass is 35.5. The van der Waals surface area contributed by atoms with Gasteiger partial charge in [0.05, 0.1) is 18.8 Å². The lowest BCUT2D eigenvalue weighted by Crippen LogP contribution is -2.50. The first-order valence-electron chi connectivity index (χ1n) is 9.98. The number of aliphatic hydroxyl groups excluding tert-OH is 3. The Labute approximate surface area is 188 Å². The number of nitrogens with zero attached hydrogens (tertiary/aromatic N) is 1. The summed E-state index contributed by atoms with van der Waals surface area (Å²) in [4.78, 5) is 5.74. The predicted octanol–water partition coefficient (Wildman–Crippen LogP) is 3.98. The monoisotopic (exact) mass is 463 g/mol. The molecule has 5 atom stereocenters. The van der Waals surface area contributed by atoms with Crippen molar-refractivity contribution in [2.75, 3.05) is 6.61 Å². The summed E-state index contributed by atoms with van der Waals surface area (Å²) in [7, 11) is 0. The molecule has 1 aromatic carbocycles. The molecule has 1 fully saturated rings. The van der Waals surface area contributed by atoms with Crippen LogP contribution in [0.4, 0.5) is 4.39 Å². The zero-order valence-electron chi connectivity index (χ0n) is 16.8. The Balaban J connectivity index is 1.57. The largest absolute Gasteiger partial charge is 0.394 e. The molecule has 0 spiro atoms. The fraction of sp³-hybridized carbons (Fsp3) is 0.348. The number of rotatable bonds is 5. The van der Waals surface area contributed by atoms with Crippen LogP contribution in [0.25, 0.3) is 10.4 Å². The minimum Gasteiger partial charge on any atom is -0.394 e. The van der Waals surface area contributed by atoms with E-state index in [-0.39, 0.29) is 12.5 Å². The number of benzene rings is 1. The quantitative estimate of drug-likeness (QED) is 0.498. The van der Waals surface area contributed by atoms with Crippen LogP contribution in [0.3, 0.4) is 0 Å². The van der Waals surface area contributed by atoms with Crippen molar-refractivity contribution in [3.63, 3.8) is 0 Å². The average molecular weight is 464 g/mol. The molecular weight excluding hydrogens is 441 g/mol. The zero-order valence-corrected chi connectivity index (χ0v) is 18.4. The highest BCUT2D eigenvalue weighted by molar-refractivity contribution is 7.15. The number of halogens is 2. The molecule has 3 heterocycles. The van der Waals surface area contributed by atoms with Crippen molar-refractivity contribution in [1.29, 1.82) is 0 Å². The molecule has 0 aliphatic carbocycles. The lowest BCUT2D eigenvalue weighted by atomic mass is 9.85. The fourth-order valence-electron chi connectivity index (χ4n) is 3.83. The second-order valence-electron chi connectivity index (χ2n) is 7.78. The van der Waals surface area contributed by atoms with Crippen molar-refractivity contribution < 1.29 is 24.4 Å². The first-order chi connectivity index (χ1) is 14.9. The summed E-state index contributed by atoms with van der Waals surface area (Å²) >= 11 is 8.00. The van der Waals surface area contributed by atoms with Gasteiger partial charge in [-0.05, 0) is 41.5 Å². The predicted molar refractivity (Wildman–Crippen MR) is 118 cm³/mol. The van der Waals surface area contributed by atoms with Crippen LogP contribution < -0.4 is 0 Å². The summed E-state index contributed by atoms with van der Waals surface area (Å²) in [6.07, 6.45) is -1.36. The Morgan fingerprint density at radius 1 is 1.13 bits per heavy atom. The molecule has 1 aliphatic rings. The maximum absolute atomic E-state index is 13.1. The number of ether oxygens (including phenoxy) is 1. The average Bonchev–Trinajstić information content (AvgIpc) is 3.23. The third-order valence-electron chi connectivity index (χ3n) is 5.72. The van der Waals surface area contributed by atoms with Gasteiger partial charge < -0.3 is 20.1 Å². The van der Waals surface area contributed by atoms with Gasteiger partial charge in [-0.2, -0.15) is 4.39 Å². The highest BCUT2D eigenvalue weighted by Crippen LogP contribution is 2.37. The Hall–Kier alpha value is -1.87. The number of pyridine rings is 1. The van der Waals surface area contributed by atoms with Crippen molar-refractivity contribution in [2.24, 2.45) is 5.92 Å². The molecule has 0 amide bonds. The van der Waals surface area contributed by atoms with Crippen LogP contribution in [0.5, 0.6) is 0 Å². The van der Waals surface area contributed by atoms with E-state index in [0.717, 1.165) is 20.9 Å². The smallest absolute Gasteiger partial charge is 0.212 e. The second kappa shape index (κ2) is 9.32. The van der Waals surface area contributed by atoms with Crippen LogP contribution in [0.2, 0.25) is 5.02 Å². The molecule has 1 saturated heterocycles. The summed E-state index contributed by atoms with van der Waals surface area (Å²) in [5.41, 5.74) is 2.39. The van der Waals surface area contributed by atoms with E-state index in [2.05, 4.69) is 4.98 Å². The van der Waals surface area contributed by atoms with Gasteiger partial charge >= 0.3 is 0 Å². The molecule has 31 heavy (non-hydrogen) atoms. The van der Waals surface area contributed by atoms with E-state index in [1.165, 1.54) is 12.3 Å². The molecule has 1 aliphatic heterocycles. The van der Waals surface area contributed by atoms with Crippen molar-refractivity contribution in [2.45, 2.75) is 37.8 Å². The van der Waals surface area contributed by atoms with E-state index in [1.54, 1.807) is 36.5 Å². The van der Waals surface area contributed by atoms with Crippen molar-refractivity contribution >= 4 is 22.9 Å². The van der Waals surface area contributed by atoms with Gasteiger partial charge in [0, 0.05) is 38.9 Å². The minimum atomic E-state index is -1.11. The summed E-state index contributed by atoms with van der Waals surface area (Å²) in [6, 6.07) is 12.4. The van der Waals surface area contributed by atoms with Gasteiger partial charge in [-0.25, -0.2) is 4.98 Å². The van der Waals surface area contributed by atoms with Crippen molar-refractivity contribution in [1.82, 2.24) is 4.98 Å². The zero-order chi connectivity index (χ0) is 22.1. The maximum Gasteiger partial charge on any atom is 0.212 e. The van der Waals surface area contributed by atoms with Crippen LogP contribution in [-0.4, -0.2) is 45.2 Å². The van der Waals surface area contributed by atoms with Crippen LogP contribution in [0.15, 0.2) is 48.7 Å². The molecule has 5 nitrogen and oxygen atoms in total. The molecule has 8 heteroatoms. The van der Waals surface area contributed by atoms with Crippen molar-refractivity contribution in [3.05, 3.63) is 75.6 Å². The Kier molecular flexibility index (Phi) is 6.71. The molecule has 0 saturated carbocycles. The molecule has 0 radical (unpaired) electrons. The van der Waals surface area contributed by atoms with Gasteiger partial charge in [-0.1, -0.05) is 30.7 Å². The standard InChI is InChI=1S/C23H23ClFNO4S/c1-12-18(11-27)30-23(22(29)21(12)28)13-2-5-17(24)15(8-13)9-16-4-6-19(31-16)14-3-7-20(25)26-10-14/h2-8,10,12,18,21-23,27-29H,9,11H2,1H3/t12?,18?,21?,22-,23?/m1/s1. The van der Waals surface area contributed by atoms with E-state index < -0.39 is 30.4 Å². The number of thiophene rings is 1. The van der Waals surface area contributed by atoms with Gasteiger partial charge in [-0.15, -0.1) is 11.3 Å². The first kappa shape index (κ1) is 22.3. The number of aromatic nitrogens is 1. The van der Waals surface area contributed by atoms with Gasteiger partial charge in [0.1, 0.15) is 12.2 Å². The molecule has 2 aromatic heterocycles. The topological polar surface area (TPSA) is 82.8 Å². The van der Waals surface area contributed by atoms with E-state index >= 15 is 0 Å². The van der Waals surface area contributed by atoms with Crippen LogP contribution in [0.1, 0.15) is 29.0 Å². The van der Waals surface area contributed by atoms with E-state index in [4.69, 9.17) is 16.3 Å². The third-order valence-corrected chi connectivity index (χ3v) is 7.23. The van der Waals surface area contributed by atoms with Gasteiger partial charge in [0.25, 0.3) is 0 Å². The molecule has 3 N–H and O–H groups in total. The molecule has 3 aromatic rings. The van der Waals surface area contributed by atoms with Crippen LogP contribution in [-0.2, 0) is 11.2 Å². The molecule has 4 rings (SSSR count). The second-order valence-corrected chi connectivity index (χ2v) is 9.36. The highest BCUT2D eigenvalue weighted by Gasteiger charge is 2.42. The molecular formula is C23H23ClFNO4S. The van der Waals surface area contributed by atoms with Gasteiger partial charge in [0.15, 0.2) is 0 Å². The van der Waals surface area contributed by atoms with Crippen molar-refractivity contribution in [3.8, 4) is 10.4 Å². The third kappa shape index (κ3) is 4.67. The summed E-state index contributed by atoms with van der Waals surface area (Å²) < 4.78 is 19.0. The summed E-state index contributed by atoms with van der Waals surface area (Å²) in [5.74, 6) is -0.896. The Morgan fingerprint density at radius 2 is 1.94 bits per heavy atom. The lowest BCUT2D eigenvalue weighted by Gasteiger charge is -2.41. The first-order valence-corrected chi connectivity index (χ1v) is 11.2. The van der Waals surface area contributed by atoms with E-state index in [0.29, 0.717) is 17.0 Å². The number of hydrogen-bond donors (Lipinski definition) is 3. The lowest BCUT2D eigenvalue weighted by molar-refractivity contribution is -0.207. The molecule has 4 unspecified atom stereocenters. The Bertz CT molecular complexity index is 1040. The molecule has 164 valence electrons. The fourth-order valence-corrected chi connectivity index (χ4v) is 5.04. The Morgan fingerprint density at radius 3 is 2.65 bits per heavy atom. The maximum atomic E-state index is 13.1. The van der Waals surface area contributed by atoms with E-state index in [1.807, 2.05) is 18.2 Å². The van der Waals surface area contributed by atoms with E-state index in [9.17, 15) is 19.7 Å². The number of hydrogen-bond acceptors (Lipinski definition) is 6. The SMILES string of the molecule is CC1C(CO)OC(c2ccc(Cl)c(Cc3ccc(-c4ccc(F)nc4)s3)c2)[C@H](O)C1O.